The van der Waals surface area contributed by atoms with Crippen LogP contribution < -0.4 is 0 Å². The Hall–Kier alpha value is -1.91. The van der Waals surface area contributed by atoms with Crippen molar-refractivity contribution in [1.29, 1.82) is 0 Å². The zero-order valence-corrected chi connectivity index (χ0v) is 8.27. The van der Waals surface area contributed by atoms with E-state index in [1.165, 1.54) is 6.07 Å². The first-order valence-electron chi connectivity index (χ1n) is 4.70. The summed E-state index contributed by atoms with van der Waals surface area (Å²) < 4.78 is 0. The molecular weight excluding hydrogens is 196 g/mol. The number of hydrogen-bond acceptors (Lipinski definition) is 3. The molecule has 15 heavy (non-hydrogen) atoms. The first-order chi connectivity index (χ1) is 7.15. The molecule has 0 N–H and O–H groups in total. The second-order valence-electron chi connectivity index (χ2n) is 3.39. The summed E-state index contributed by atoms with van der Waals surface area (Å²) >= 11 is 0. The second-order valence-corrected chi connectivity index (χ2v) is 3.39. The minimum absolute atomic E-state index is 0.0894. The van der Waals surface area contributed by atoms with Crippen LogP contribution in [0.5, 0.6) is 0 Å². The Bertz CT molecular complexity index is 442. The lowest BCUT2D eigenvalue weighted by molar-refractivity contribution is -0.385. The summed E-state index contributed by atoms with van der Waals surface area (Å²) in [6, 6.07) is 4.75. The van der Waals surface area contributed by atoms with Gasteiger partial charge in [0.25, 0.3) is 11.6 Å². The van der Waals surface area contributed by atoms with E-state index in [0.717, 1.165) is 5.56 Å². The van der Waals surface area contributed by atoms with Crippen LogP contribution in [0, 0.1) is 10.1 Å². The van der Waals surface area contributed by atoms with Gasteiger partial charge in [0.05, 0.1) is 4.92 Å². The lowest BCUT2D eigenvalue weighted by Gasteiger charge is -2.10. The Kier molecular flexibility index (Phi) is 2.15. The fourth-order valence-electron chi connectivity index (χ4n) is 1.81. The highest BCUT2D eigenvalue weighted by atomic mass is 16.6. The highest BCUT2D eigenvalue weighted by molar-refractivity contribution is 6.02. The van der Waals surface area contributed by atoms with E-state index in [-0.39, 0.29) is 17.2 Å². The number of benzene rings is 1. The van der Waals surface area contributed by atoms with Crippen LogP contribution in [-0.2, 0) is 6.54 Å². The number of amides is 1. The largest absolute Gasteiger partial charge is 0.334 e. The van der Waals surface area contributed by atoms with Crippen LogP contribution in [0.15, 0.2) is 18.2 Å². The Morgan fingerprint density at radius 2 is 2.27 bits per heavy atom. The van der Waals surface area contributed by atoms with Crippen molar-refractivity contribution in [3.63, 3.8) is 0 Å². The van der Waals surface area contributed by atoms with Gasteiger partial charge >= 0.3 is 0 Å². The summed E-state index contributed by atoms with van der Waals surface area (Å²) in [6.45, 7) is 2.91. The van der Waals surface area contributed by atoms with Crippen molar-refractivity contribution < 1.29 is 9.72 Å². The first-order valence-corrected chi connectivity index (χ1v) is 4.70. The van der Waals surface area contributed by atoms with Crippen LogP contribution in [0.25, 0.3) is 0 Å². The molecule has 0 saturated carbocycles. The third-order valence-electron chi connectivity index (χ3n) is 2.57. The number of carbonyl (C=O) groups is 1. The van der Waals surface area contributed by atoms with Gasteiger partial charge in [-0.15, -0.1) is 0 Å². The van der Waals surface area contributed by atoms with Crippen LogP contribution in [0.2, 0.25) is 0 Å². The molecule has 1 aliphatic heterocycles. The van der Waals surface area contributed by atoms with Gasteiger partial charge in [0, 0.05) is 19.2 Å². The molecule has 0 bridgehead atoms. The summed E-state index contributed by atoms with van der Waals surface area (Å²) in [6.07, 6.45) is 0. The maximum Gasteiger partial charge on any atom is 0.282 e. The Balaban J connectivity index is 2.55. The van der Waals surface area contributed by atoms with Gasteiger partial charge in [-0.2, -0.15) is 0 Å². The van der Waals surface area contributed by atoms with Crippen molar-refractivity contribution in [3.05, 3.63) is 39.4 Å². The molecule has 0 radical (unpaired) electrons. The molecule has 0 fully saturated rings. The monoisotopic (exact) mass is 206 g/mol. The molecule has 0 aromatic heterocycles. The molecule has 0 atom stereocenters. The predicted molar refractivity (Wildman–Crippen MR) is 53.5 cm³/mol. The number of hydrogen-bond donors (Lipinski definition) is 0. The van der Waals surface area contributed by atoms with Crippen LogP contribution in [0.3, 0.4) is 0 Å². The van der Waals surface area contributed by atoms with Gasteiger partial charge in [-0.25, -0.2) is 0 Å². The first kappa shape index (κ1) is 9.64. The molecule has 2 rings (SSSR count). The van der Waals surface area contributed by atoms with Gasteiger partial charge < -0.3 is 4.90 Å². The summed E-state index contributed by atoms with van der Waals surface area (Å²) in [4.78, 5) is 23.6. The van der Waals surface area contributed by atoms with Crippen LogP contribution >= 0.6 is 0 Å². The SMILES string of the molecule is CCN1Cc2cccc([N+](=O)[O-])c2C1=O. The van der Waals surface area contributed by atoms with E-state index in [9.17, 15) is 14.9 Å². The molecule has 1 aromatic rings. The molecular formula is C10H10N2O3. The molecule has 0 spiro atoms. The third kappa shape index (κ3) is 1.36. The molecule has 1 heterocycles. The Morgan fingerprint density at radius 3 is 2.87 bits per heavy atom. The van der Waals surface area contributed by atoms with Crippen molar-refractivity contribution in [1.82, 2.24) is 4.90 Å². The van der Waals surface area contributed by atoms with E-state index >= 15 is 0 Å². The maximum absolute atomic E-state index is 11.8. The molecule has 1 aliphatic rings. The number of fused-ring (bicyclic) bond motifs is 1. The number of nitro benzene ring substituents is 1. The maximum atomic E-state index is 11.8. The van der Waals surface area contributed by atoms with Gasteiger partial charge in [-0.1, -0.05) is 12.1 Å². The summed E-state index contributed by atoms with van der Waals surface area (Å²) in [7, 11) is 0. The topological polar surface area (TPSA) is 63.4 Å². The number of nitro groups is 1. The average Bonchev–Trinajstić information content (AvgIpc) is 2.55. The lowest BCUT2D eigenvalue weighted by Crippen LogP contribution is -2.23. The van der Waals surface area contributed by atoms with E-state index in [2.05, 4.69) is 0 Å². The number of rotatable bonds is 2. The number of carbonyl (C=O) groups excluding carboxylic acids is 1. The van der Waals surface area contributed by atoms with Gasteiger partial charge in [0.1, 0.15) is 5.56 Å². The Morgan fingerprint density at radius 1 is 1.53 bits per heavy atom. The molecule has 0 saturated heterocycles. The highest BCUT2D eigenvalue weighted by Gasteiger charge is 2.33. The minimum Gasteiger partial charge on any atom is -0.334 e. The molecule has 0 unspecified atom stereocenters. The van der Waals surface area contributed by atoms with Crippen molar-refractivity contribution in [2.24, 2.45) is 0 Å². The van der Waals surface area contributed by atoms with Crippen LogP contribution in [0.1, 0.15) is 22.8 Å². The van der Waals surface area contributed by atoms with Crippen molar-refractivity contribution in [2.75, 3.05) is 6.54 Å². The molecule has 5 heteroatoms. The average molecular weight is 206 g/mol. The molecule has 1 aromatic carbocycles. The van der Waals surface area contributed by atoms with Gasteiger partial charge in [0.15, 0.2) is 0 Å². The molecule has 78 valence electrons. The molecule has 0 aliphatic carbocycles. The van der Waals surface area contributed by atoms with Gasteiger partial charge in [0.2, 0.25) is 0 Å². The van der Waals surface area contributed by atoms with E-state index in [1.54, 1.807) is 17.0 Å². The number of nitrogens with zero attached hydrogens (tertiary/aromatic N) is 2. The lowest BCUT2D eigenvalue weighted by atomic mass is 10.1. The second kappa shape index (κ2) is 3.34. The molecule has 5 nitrogen and oxygen atoms in total. The summed E-state index contributed by atoms with van der Waals surface area (Å²) in [5, 5.41) is 10.7. The smallest absolute Gasteiger partial charge is 0.282 e. The molecule has 1 amide bonds. The normalized spacial score (nSPS) is 14.2. The van der Waals surface area contributed by atoms with E-state index in [4.69, 9.17) is 0 Å². The minimum atomic E-state index is -0.504. The zero-order chi connectivity index (χ0) is 11.0. The fraction of sp³-hybridized carbons (Fsp3) is 0.300. The predicted octanol–water partition coefficient (Wildman–Crippen LogP) is 1.57. The fourth-order valence-corrected chi connectivity index (χ4v) is 1.81. The summed E-state index contributed by atoms with van der Waals surface area (Å²) in [5.41, 5.74) is 0.911. The highest BCUT2D eigenvalue weighted by Crippen LogP contribution is 2.30. The Labute approximate surface area is 86.5 Å². The quantitative estimate of drug-likeness (QED) is 0.545. The zero-order valence-electron chi connectivity index (χ0n) is 8.27. The standard InChI is InChI=1S/C10H10N2O3/c1-2-11-6-7-4-3-5-8(12(14)15)9(7)10(11)13/h3-5H,2,6H2,1H3. The van der Waals surface area contributed by atoms with E-state index < -0.39 is 4.92 Å². The summed E-state index contributed by atoms with van der Waals surface area (Å²) in [5.74, 6) is -0.236. The van der Waals surface area contributed by atoms with Crippen molar-refractivity contribution in [3.8, 4) is 0 Å². The van der Waals surface area contributed by atoms with Crippen molar-refractivity contribution >= 4 is 11.6 Å². The van der Waals surface area contributed by atoms with E-state index in [0.29, 0.717) is 13.1 Å². The van der Waals surface area contributed by atoms with Crippen LogP contribution in [0.4, 0.5) is 5.69 Å². The van der Waals surface area contributed by atoms with Crippen LogP contribution in [-0.4, -0.2) is 22.3 Å². The van der Waals surface area contributed by atoms with E-state index in [1.807, 2.05) is 6.92 Å². The third-order valence-corrected chi connectivity index (χ3v) is 2.57. The van der Waals surface area contributed by atoms with Gasteiger partial charge in [-0.05, 0) is 12.5 Å². The van der Waals surface area contributed by atoms with Gasteiger partial charge in [-0.3, -0.25) is 14.9 Å². The van der Waals surface area contributed by atoms with Crippen molar-refractivity contribution in [2.45, 2.75) is 13.5 Å².